The summed E-state index contributed by atoms with van der Waals surface area (Å²) in [5.41, 5.74) is 15.1. The second-order valence-corrected chi connectivity index (χ2v) is 5.67. The molecule has 3 aromatic rings. The third kappa shape index (κ3) is 4.46. The lowest BCUT2D eigenvalue weighted by Crippen LogP contribution is -1.94. The molecule has 0 saturated heterocycles. The summed E-state index contributed by atoms with van der Waals surface area (Å²) in [4.78, 5) is 0. The molecule has 0 aliphatic rings. The van der Waals surface area contributed by atoms with E-state index >= 15 is 0 Å². The molecule has 0 radical (unpaired) electrons. The number of nitrogens with two attached hydrogens (primary N) is 2. The molecule has 0 atom stereocenters. The van der Waals surface area contributed by atoms with Crippen molar-refractivity contribution in [3.8, 4) is 28.7 Å². The number of hydrogen-bond acceptors (Lipinski definition) is 5. The van der Waals surface area contributed by atoms with Gasteiger partial charge in [0.1, 0.15) is 11.5 Å². The van der Waals surface area contributed by atoms with E-state index in [0.29, 0.717) is 16.9 Å². The van der Waals surface area contributed by atoms with Crippen LogP contribution in [0.2, 0.25) is 0 Å². The lowest BCUT2D eigenvalue weighted by molar-refractivity contribution is 0.477. The summed E-state index contributed by atoms with van der Waals surface area (Å²) >= 11 is 0. The summed E-state index contributed by atoms with van der Waals surface area (Å²) in [6.07, 6.45) is 0.717. The molecule has 3 aromatic carbocycles. The van der Waals surface area contributed by atoms with E-state index in [0.717, 1.165) is 23.1 Å². The Kier molecular flexibility index (Phi) is 6.07. The highest BCUT2D eigenvalue weighted by atomic mass is 16.3. The maximum absolute atomic E-state index is 9.44. The second kappa shape index (κ2) is 8.45. The minimum absolute atomic E-state index is 0.00843. The van der Waals surface area contributed by atoms with E-state index in [1.54, 1.807) is 18.2 Å². The number of nitrogen functional groups attached to an aromatic ring is 2. The normalized spacial score (nSPS) is 9.69. The molecule has 0 spiro atoms. The monoisotopic (exact) mass is 347 g/mol. The van der Waals surface area contributed by atoms with Crippen LogP contribution in [-0.4, -0.2) is 10.2 Å². The van der Waals surface area contributed by atoms with Crippen molar-refractivity contribution in [2.45, 2.75) is 13.3 Å². The molecule has 0 unspecified atom stereocenters. The highest BCUT2D eigenvalue weighted by Gasteiger charge is 2.04. The number of rotatable bonds is 2. The first kappa shape index (κ1) is 18.7. The topological polar surface area (TPSA) is 116 Å². The van der Waals surface area contributed by atoms with Crippen molar-refractivity contribution in [3.05, 3.63) is 71.8 Å². The van der Waals surface area contributed by atoms with E-state index in [1.165, 1.54) is 6.07 Å². The number of aromatic hydroxyl groups is 2. The fourth-order valence-electron chi connectivity index (χ4n) is 2.41. The largest absolute Gasteiger partial charge is 0.506 e. The molecule has 0 amide bonds. The van der Waals surface area contributed by atoms with E-state index in [9.17, 15) is 10.2 Å². The maximum atomic E-state index is 9.44. The Morgan fingerprint density at radius 1 is 0.885 bits per heavy atom. The Morgan fingerprint density at radius 3 is 2.15 bits per heavy atom. The average Bonchev–Trinajstić information content (AvgIpc) is 2.67. The van der Waals surface area contributed by atoms with Gasteiger partial charge in [-0.15, -0.1) is 0 Å². The maximum Gasteiger partial charge on any atom is 0.140 e. The van der Waals surface area contributed by atoms with Gasteiger partial charge in [0.2, 0.25) is 0 Å². The SMILES string of the molecule is CCc1cc(C#N)cc(O)c1N.Nc1ccc(-c2ccccc2)cc1O. The van der Waals surface area contributed by atoms with Gasteiger partial charge in [-0.2, -0.15) is 5.26 Å². The van der Waals surface area contributed by atoms with Gasteiger partial charge in [0.05, 0.1) is 23.0 Å². The van der Waals surface area contributed by atoms with Crippen molar-refractivity contribution in [3.63, 3.8) is 0 Å². The molecule has 26 heavy (non-hydrogen) atoms. The molecule has 6 N–H and O–H groups in total. The summed E-state index contributed by atoms with van der Waals surface area (Å²) in [7, 11) is 0. The average molecular weight is 347 g/mol. The van der Waals surface area contributed by atoms with E-state index in [4.69, 9.17) is 16.7 Å². The molecule has 3 rings (SSSR count). The second-order valence-electron chi connectivity index (χ2n) is 5.67. The quantitative estimate of drug-likeness (QED) is 0.412. The van der Waals surface area contributed by atoms with Gasteiger partial charge in [0, 0.05) is 0 Å². The number of aryl methyl sites for hydroxylation is 1. The third-order valence-electron chi connectivity index (χ3n) is 3.89. The van der Waals surface area contributed by atoms with E-state index < -0.39 is 0 Å². The highest BCUT2D eigenvalue weighted by Crippen LogP contribution is 2.27. The van der Waals surface area contributed by atoms with Crippen LogP contribution in [0.1, 0.15) is 18.1 Å². The van der Waals surface area contributed by atoms with Crippen molar-refractivity contribution in [2.75, 3.05) is 11.5 Å². The fourth-order valence-corrected chi connectivity index (χ4v) is 2.41. The molecule has 5 heteroatoms. The zero-order valence-corrected chi connectivity index (χ0v) is 14.5. The van der Waals surface area contributed by atoms with Crippen LogP contribution < -0.4 is 11.5 Å². The Balaban J connectivity index is 0.000000190. The van der Waals surface area contributed by atoms with Crippen LogP contribution in [-0.2, 0) is 6.42 Å². The fraction of sp³-hybridized carbons (Fsp3) is 0.0952. The Hall–Kier alpha value is -3.65. The van der Waals surface area contributed by atoms with Gasteiger partial charge in [0.25, 0.3) is 0 Å². The van der Waals surface area contributed by atoms with Gasteiger partial charge in [-0.3, -0.25) is 0 Å². The summed E-state index contributed by atoms with van der Waals surface area (Å²) in [6.45, 7) is 1.92. The van der Waals surface area contributed by atoms with Crippen LogP contribution in [0.15, 0.2) is 60.7 Å². The zero-order chi connectivity index (χ0) is 19.1. The summed E-state index contributed by atoms with van der Waals surface area (Å²) < 4.78 is 0. The number of benzene rings is 3. The van der Waals surface area contributed by atoms with Crippen LogP contribution >= 0.6 is 0 Å². The highest BCUT2D eigenvalue weighted by molar-refractivity contribution is 5.69. The molecule has 0 fully saturated rings. The molecule has 0 aliphatic carbocycles. The Bertz CT molecular complexity index is 932. The third-order valence-corrected chi connectivity index (χ3v) is 3.89. The van der Waals surface area contributed by atoms with E-state index in [1.807, 2.05) is 49.4 Å². The van der Waals surface area contributed by atoms with Crippen molar-refractivity contribution in [2.24, 2.45) is 0 Å². The molecule has 5 nitrogen and oxygen atoms in total. The molecule has 0 saturated carbocycles. The van der Waals surface area contributed by atoms with E-state index in [-0.39, 0.29) is 11.5 Å². The molecular weight excluding hydrogens is 326 g/mol. The number of phenolic OH excluding ortho intramolecular Hbond substituents is 2. The van der Waals surface area contributed by atoms with Gasteiger partial charge in [-0.05, 0) is 47.4 Å². The van der Waals surface area contributed by atoms with Crippen LogP contribution in [0, 0.1) is 11.3 Å². The molecular formula is C21H21N3O2. The van der Waals surface area contributed by atoms with Crippen LogP contribution in [0.25, 0.3) is 11.1 Å². The number of nitriles is 1. The first-order valence-corrected chi connectivity index (χ1v) is 8.11. The van der Waals surface area contributed by atoms with Crippen molar-refractivity contribution in [1.29, 1.82) is 5.26 Å². The summed E-state index contributed by atoms with van der Waals surface area (Å²) in [5, 5.41) is 27.3. The first-order valence-electron chi connectivity index (χ1n) is 8.11. The van der Waals surface area contributed by atoms with Crippen molar-refractivity contribution < 1.29 is 10.2 Å². The molecule has 0 aromatic heterocycles. The lowest BCUT2D eigenvalue weighted by Gasteiger charge is -2.04. The first-order chi connectivity index (χ1) is 12.5. The molecule has 0 heterocycles. The Labute approximate surface area is 152 Å². The van der Waals surface area contributed by atoms with Crippen LogP contribution in [0.5, 0.6) is 11.5 Å². The zero-order valence-electron chi connectivity index (χ0n) is 14.5. The summed E-state index contributed by atoms with van der Waals surface area (Å²) in [5.74, 6) is 0.122. The number of phenols is 2. The predicted octanol–water partition coefficient (Wildman–Crippen LogP) is 4.05. The molecule has 132 valence electrons. The Morgan fingerprint density at radius 2 is 1.58 bits per heavy atom. The van der Waals surface area contributed by atoms with Gasteiger partial charge < -0.3 is 21.7 Å². The van der Waals surface area contributed by atoms with Gasteiger partial charge in [-0.1, -0.05) is 43.3 Å². The lowest BCUT2D eigenvalue weighted by atomic mass is 10.1. The smallest absolute Gasteiger partial charge is 0.140 e. The van der Waals surface area contributed by atoms with Crippen molar-refractivity contribution >= 4 is 11.4 Å². The standard InChI is InChI=1S/C12H11NO.C9H10N2O/c13-11-7-6-10(8-12(11)14)9-4-2-1-3-5-9;1-2-7-3-6(5-10)4-8(12)9(7)11/h1-8,14H,13H2;3-4,12H,2,11H2,1H3. The van der Waals surface area contributed by atoms with E-state index in [2.05, 4.69) is 0 Å². The molecule has 0 aliphatic heterocycles. The predicted molar refractivity (Wildman–Crippen MR) is 105 cm³/mol. The minimum Gasteiger partial charge on any atom is -0.506 e. The summed E-state index contributed by atoms with van der Waals surface area (Å²) in [6, 6.07) is 20.1. The van der Waals surface area contributed by atoms with Crippen molar-refractivity contribution in [1.82, 2.24) is 0 Å². The number of hydrogen-bond donors (Lipinski definition) is 4. The molecule has 0 bridgehead atoms. The van der Waals surface area contributed by atoms with Gasteiger partial charge in [0.15, 0.2) is 0 Å². The van der Waals surface area contributed by atoms with Crippen LogP contribution in [0.4, 0.5) is 11.4 Å². The number of anilines is 2. The van der Waals surface area contributed by atoms with Gasteiger partial charge in [-0.25, -0.2) is 0 Å². The number of nitrogens with zero attached hydrogens (tertiary/aromatic N) is 1. The minimum atomic E-state index is -0.00843. The van der Waals surface area contributed by atoms with Crippen LogP contribution in [0.3, 0.4) is 0 Å². The van der Waals surface area contributed by atoms with Gasteiger partial charge >= 0.3 is 0 Å².